The predicted molar refractivity (Wildman–Crippen MR) is 106 cm³/mol. The van der Waals surface area contributed by atoms with Gasteiger partial charge in [-0.2, -0.15) is 13.2 Å². The molecule has 3 rings (SSSR count). The van der Waals surface area contributed by atoms with E-state index in [1.165, 1.54) is 19.1 Å². The largest absolute Gasteiger partial charge is 0.416 e. The Hall–Kier alpha value is -3.49. The molecule has 9 heteroatoms. The summed E-state index contributed by atoms with van der Waals surface area (Å²) in [5.74, 6) is -0.799. The SMILES string of the molecule is CC(=O)NCCc1nc2cc(NC(=O)c3cccc(C(F)(F)F)c3)ccc2nc1C. The number of halogens is 3. The second-order valence-electron chi connectivity index (χ2n) is 6.72. The van der Waals surface area contributed by atoms with Gasteiger partial charge in [-0.05, 0) is 43.3 Å². The van der Waals surface area contributed by atoms with Crippen LogP contribution in [0, 0.1) is 6.92 Å². The van der Waals surface area contributed by atoms with Crippen LogP contribution in [0.2, 0.25) is 0 Å². The Bertz CT molecular complexity index is 1110. The number of rotatable bonds is 5. The van der Waals surface area contributed by atoms with Gasteiger partial charge in [-0.25, -0.2) is 9.97 Å². The van der Waals surface area contributed by atoms with Gasteiger partial charge >= 0.3 is 6.18 Å². The van der Waals surface area contributed by atoms with E-state index in [1.54, 1.807) is 18.2 Å². The molecule has 2 N–H and O–H groups in total. The van der Waals surface area contributed by atoms with Gasteiger partial charge in [-0.3, -0.25) is 9.59 Å². The Labute approximate surface area is 170 Å². The van der Waals surface area contributed by atoms with Gasteiger partial charge in [0.2, 0.25) is 5.91 Å². The number of aromatic nitrogens is 2. The maximum atomic E-state index is 12.9. The van der Waals surface area contributed by atoms with Crippen LogP contribution in [0.15, 0.2) is 42.5 Å². The number of benzene rings is 2. The third kappa shape index (κ3) is 5.11. The third-order valence-electron chi connectivity index (χ3n) is 4.38. The number of aryl methyl sites for hydroxylation is 1. The van der Waals surface area contributed by atoms with Crippen molar-refractivity contribution in [3.05, 3.63) is 65.0 Å². The van der Waals surface area contributed by atoms with E-state index in [2.05, 4.69) is 20.6 Å². The van der Waals surface area contributed by atoms with E-state index in [4.69, 9.17) is 0 Å². The van der Waals surface area contributed by atoms with Gasteiger partial charge in [0, 0.05) is 31.1 Å². The van der Waals surface area contributed by atoms with Crippen LogP contribution in [-0.2, 0) is 17.4 Å². The van der Waals surface area contributed by atoms with Crippen LogP contribution in [0.5, 0.6) is 0 Å². The van der Waals surface area contributed by atoms with E-state index in [-0.39, 0.29) is 11.5 Å². The maximum Gasteiger partial charge on any atom is 0.416 e. The number of alkyl halides is 3. The zero-order chi connectivity index (χ0) is 21.9. The molecule has 3 aromatic rings. The van der Waals surface area contributed by atoms with E-state index >= 15 is 0 Å². The molecule has 0 spiro atoms. The minimum absolute atomic E-state index is 0.101. The van der Waals surface area contributed by atoms with Gasteiger partial charge in [0.25, 0.3) is 5.91 Å². The summed E-state index contributed by atoms with van der Waals surface area (Å²) in [7, 11) is 0. The Morgan fingerprint density at radius 1 is 1.03 bits per heavy atom. The minimum atomic E-state index is -4.53. The highest BCUT2D eigenvalue weighted by Gasteiger charge is 2.30. The summed E-state index contributed by atoms with van der Waals surface area (Å²) < 4.78 is 38.6. The summed E-state index contributed by atoms with van der Waals surface area (Å²) in [4.78, 5) is 32.4. The summed E-state index contributed by atoms with van der Waals surface area (Å²) in [5.41, 5.74) is 1.98. The number of carbonyl (C=O) groups excluding carboxylic acids is 2. The fraction of sp³-hybridized carbons (Fsp3) is 0.238. The molecule has 0 radical (unpaired) electrons. The van der Waals surface area contributed by atoms with Crippen LogP contribution >= 0.6 is 0 Å². The van der Waals surface area contributed by atoms with Crippen molar-refractivity contribution in [3.63, 3.8) is 0 Å². The molecule has 0 aliphatic carbocycles. The molecule has 0 unspecified atom stereocenters. The molecule has 6 nitrogen and oxygen atoms in total. The Morgan fingerprint density at radius 3 is 2.50 bits per heavy atom. The van der Waals surface area contributed by atoms with Gasteiger partial charge in [0.1, 0.15) is 0 Å². The fourth-order valence-electron chi connectivity index (χ4n) is 2.89. The van der Waals surface area contributed by atoms with Crippen LogP contribution < -0.4 is 10.6 Å². The monoisotopic (exact) mass is 416 g/mol. The van der Waals surface area contributed by atoms with Crippen molar-refractivity contribution in [1.82, 2.24) is 15.3 Å². The lowest BCUT2D eigenvalue weighted by Gasteiger charge is -2.11. The number of carbonyl (C=O) groups is 2. The molecule has 1 aromatic heterocycles. The lowest BCUT2D eigenvalue weighted by Crippen LogP contribution is -2.23. The molecule has 0 fully saturated rings. The highest BCUT2D eigenvalue weighted by molar-refractivity contribution is 6.05. The second-order valence-corrected chi connectivity index (χ2v) is 6.72. The lowest BCUT2D eigenvalue weighted by atomic mass is 10.1. The van der Waals surface area contributed by atoms with Crippen molar-refractivity contribution in [2.45, 2.75) is 26.4 Å². The summed E-state index contributed by atoms with van der Waals surface area (Å²) in [6.07, 6.45) is -4.03. The number of hydrogen-bond donors (Lipinski definition) is 2. The van der Waals surface area contributed by atoms with Crippen LogP contribution in [0.25, 0.3) is 11.0 Å². The van der Waals surface area contributed by atoms with Gasteiger partial charge in [-0.1, -0.05) is 6.07 Å². The fourth-order valence-corrected chi connectivity index (χ4v) is 2.89. The smallest absolute Gasteiger partial charge is 0.356 e. The maximum absolute atomic E-state index is 12.9. The minimum Gasteiger partial charge on any atom is -0.356 e. The first-order valence-electron chi connectivity index (χ1n) is 9.14. The van der Waals surface area contributed by atoms with Crippen LogP contribution in [-0.4, -0.2) is 28.3 Å². The normalized spacial score (nSPS) is 11.4. The van der Waals surface area contributed by atoms with Gasteiger partial charge < -0.3 is 10.6 Å². The first kappa shape index (κ1) is 21.2. The molecule has 30 heavy (non-hydrogen) atoms. The quantitative estimate of drug-likeness (QED) is 0.661. The molecule has 0 aliphatic heterocycles. The molecule has 0 saturated heterocycles. The molecule has 0 bridgehead atoms. The first-order valence-corrected chi connectivity index (χ1v) is 9.14. The lowest BCUT2D eigenvalue weighted by molar-refractivity contribution is -0.137. The molecule has 2 amide bonds. The first-order chi connectivity index (χ1) is 14.1. The van der Waals surface area contributed by atoms with Crippen molar-refractivity contribution in [2.24, 2.45) is 0 Å². The molecule has 0 atom stereocenters. The van der Waals surface area contributed by atoms with Crippen molar-refractivity contribution in [2.75, 3.05) is 11.9 Å². The number of hydrogen-bond acceptors (Lipinski definition) is 4. The van der Waals surface area contributed by atoms with Crippen molar-refractivity contribution >= 4 is 28.5 Å². The average Bonchev–Trinajstić information content (AvgIpc) is 2.68. The third-order valence-corrected chi connectivity index (χ3v) is 4.38. The van der Waals surface area contributed by atoms with Gasteiger partial charge in [0.15, 0.2) is 0 Å². The molecule has 1 heterocycles. The highest BCUT2D eigenvalue weighted by Crippen LogP contribution is 2.29. The Morgan fingerprint density at radius 2 is 1.80 bits per heavy atom. The van der Waals surface area contributed by atoms with Crippen LogP contribution in [0.3, 0.4) is 0 Å². The van der Waals surface area contributed by atoms with Crippen LogP contribution in [0.1, 0.15) is 34.2 Å². The van der Waals surface area contributed by atoms with Gasteiger partial charge in [-0.15, -0.1) is 0 Å². The molecule has 0 saturated carbocycles. The van der Waals surface area contributed by atoms with E-state index in [1.807, 2.05) is 6.92 Å². The molecular weight excluding hydrogens is 397 g/mol. The van der Waals surface area contributed by atoms with E-state index in [9.17, 15) is 22.8 Å². The standard InChI is InChI=1S/C21H19F3N4O2/c1-12-17(8-9-25-13(2)29)28-19-11-16(6-7-18(19)26-12)27-20(30)14-4-3-5-15(10-14)21(22,23)24/h3-7,10-11H,8-9H2,1-2H3,(H,25,29)(H,27,30). The number of nitrogens with zero attached hydrogens (tertiary/aromatic N) is 2. The molecular formula is C21H19F3N4O2. The average molecular weight is 416 g/mol. The molecule has 156 valence electrons. The highest BCUT2D eigenvalue weighted by atomic mass is 19.4. The van der Waals surface area contributed by atoms with Crippen molar-refractivity contribution < 1.29 is 22.8 Å². The van der Waals surface area contributed by atoms with Crippen LogP contribution in [0.4, 0.5) is 18.9 Å². The summed E-state index contributed by atoms with van der Waals surface area (Å²) in [6.45, 7) is 3.67. The Balaban J connectivity index is 1.82. The zero-order valence-corrected chi connectivity index (χ0v) is 16.3. The van der Waals surface area contributed by atoms with Gasteiger partial charge in [0.05, 0.1) is 28.0 Å². The number of fused-ring (bicyclic) bond motifs is 1. The molecule has 2 aromatic carbocycles. The second kappa shape index (κ2) is 8.48. The van der Waals surface area contributed by atoms with Crippen molar-refractivity contribution in [1.29, 1.82) is 0 Å². The topological polar surface area (TPSA) is 84.0 Å². The number of amides is 2. The Kier molecular flexibility index (Phi) is 6.00. The summed E-state index contributed by atoms with van der Waals surface area (Å²) >= 11 is 0. The number of anilines is 1. The number of nitrogens with one attached hydrogen (secondary N) is 2. The van der Waals surface area contributed by atoms with E-state index < -0.39 is 17.6 Å². The van der Waals surface area contributed by atoms with E-state index in [0.29, 0.717) is 35.4 Å². The van der Waals surface area contributed by atoms with Crippen molar-refractivity contribution in [3.8, 4) is 0 Å². The van der Waals surface area contributed by atoms with E-state index in [0.717, 1.165) is 17.8 Å². The zero-order valence-electron chi connectivity index (χ0n) is 16.3. The molecule has 0 aliphatic rings. The predicted octanol–water partition coefficient (Wildman–Crippen LogP) is 3.89. The summed E-state index contributed by atoms with van der Waals surface area (Å²) in [6, 6.07) is 9.11. The summed E-state index contributed by atoms with van der Waals surface area (Å²) in [5, 5.41) is 5.29.